The van der Waals surface area contributed by atoms with Gasteiger partial charge in [0.15, 0.2) is 5.65 Å². The summed E-state index contributed by atoms with van der Waals surface area (Å²) in [5.74, 6) is -0.765. The second kappa shape index (κ2) is 12.5. The van der Waals surface area contributed by atoms with Crippen molar-refractivity contribution >= 4 is 51.3 Å². The van der Waals surface area contributed by atoms with E-state index < -0.39 is 11.9 Å². The van der Waals surface area contributed by atoms with Crippen molar-refractivity contribution < 1.29 is 23.8 Å². The number of hydrogen-bond donors (Lipinski definition) is 3. The van der Waals surface area contributed by atoms with Crippen molar-refractivity contribution in [1.29, 1.82) is 0 Å². The summed E-state index contributed by atoms with van der Waals surface area (Å²) in [5.41, 5.74) is 11.8. The number of ether oxygens (including phenoxy) is 1. The van der Waals surface area contributed by atoms with Crippen LogP contribution in [0.15, 0.2) is 89.6 Å². The largest absolute Gasteiger partial charge is 0.545 e. The highest BCUT2D eigenvalue weighted by Gasteiger charge is 2.25. The fourth-order valence-electron chi connectivity index (χ4n) is 6.74. The molecule has 0 spiro atoms. The first-order valence-electron chi connectivity index (χ1n) is 17.1. The lowest BCUT2D eigenvalue weighted by molar-refractivity contribution is -0.254. The molecule has 0 unspecified atom stereocenters. The molecule has 1 aliphatic carbocycles. The Morgan fingerprint density at radius 2 is 1.81 bits per heavy atom. The minimum atomic E-state index is -1.34. The molecule has 4 N–H and O–H groups in total. The fraction of sp³-hybridized carbons (Fsp3) is 0.179. The molecule has 0 saturated carbocycles. The molecule has 52 heavy (non-hydrogen) atoms. The van der Waals surface area contributed by atoms with Crippen LogP contribution < -0.4 is 35.7 Å². The number of fused-ring (bicyclic) bond motifs is 3. The van der Waals surface area contributed by atoms with Gasteiger partial charge in [-0.05, 0) is 60.0 Å². The number of aromatic amines is 1. The van der Waals surface area contributed by atoms with E-state index in [2.05, 4.69) is 34.7 Å². The molecule has 5 heterocycles. The van der Waals surface area contributed by atoms with E-state index in [0.717, 1.165) is 66.6 Å². The Labute approximate surface area is 296 Å². The zero-order valence-electron chi connectivity index (χ0n) is 27.9. The van der Waals surface area contributed by atoms with E-state index in [-0.39, 0.29) is 29.6 Å². The van der Waals surface area contributed by atoms with E-state index in [1.807, 2.05) is 48.5 Å². The van der Waals surface area contributed by atoms with E-state index in [9.17, 15) is 14.7 Å². The van der Waals surface area contributed by atoms with Gasteiger partial charge in [-0.15, -0.1) is 0 Å². The summed E-state index contributed by atoms with van der Waals surface area (Å²) in [6, 6.07) is 23.8. The summed E-state index contributed by atoms with van der Waals surface area (Å²) >= 11 is 0. The van der Waals surface area contributed by atoms with Gasteiger partial charge in [-0.3, -0.25) is 4.79 Å². The van der Waals surface area contributed by atoms with Crippen LogP contribution in [0.3, 0.4) is 0 Å². The van der Waals surface area contributed by atoms with Gasteiger partial charge in [-0.1, -0.05) is 18.2 Å². The molecule has 0 atom stereocenters. The number of hydrogen-bond acceptors (Lipinski definition) is 10. The molecule has 0 bridgehead atoms. The molecule has 5 aromatic rings. The maximum Gasteiger partial charge on any atom is 0.255 e. The van der Waals surface area contributed by atoms with Gasteiger partial charge in [0, 0.05) is 64.2 Å². The maximum absolute atomic E-state index is 13.7. The van der Waals surface area contributed by atoms with Gasteiger partial charge in [0.2, 0.25) is 17.2 Å². The lowest BCUT2D eigenvalue weighted by Crippen LogP contribution is -2.40. The third-order valence-corrected chi connectivity index (χ3v) is 9.76. The number of nitrogen functional groups attached to an aromatic ring is 1. The number of carboxylic acid groups (broad SMARTS) is 1. The zero-order valence-corrected chi connectivity index (χ0v) is 27.9. The molecule has 3 aromatic carbocycles. The zero-order chi connectivity index (χ0) is 35.3. The number of nitrogens with one attached hydrogen (secondary N) is 2. The molecule has 9 rings (SSSR count). The molecule has 3 aliphatic heterocycles. The molecular formula is C39H32N8O5. The Hall–Kier alpha value is -6.76. The van der Waals surface area contributed by atoms with Crippen LogP contribution in [0.25, 0.3) is 44.6 Å². The highest BCUT2D eigenvalue weighted by molar-refractivity contribution is 6.11. The summed E-state index contributed by atoms with van der Waals surface area (Å²) < 4.78 is 14.7. The van der Waals surface area contributed by atoms with Crippen LogP contribution in [0.4, 0.5) is 17.3 Å². The van der Waals surface area contributed by atoms with E-state index in [1.165, 1.54) is 18.5 Å². The van der Waals surface area contributed by atoms with E-state index in [4.69, 9.17) is 14.9 Å². The van der Waals surface area contributed by atoms with E-state index >= 15 is 0 Å². The quantitative estimate of drug-likeness (QED) is 0.156. The van der Waals surface area contributed by atoms with Gasteiger partial charge in [-0.25, -0.2) is 9.56 Å². The summed E-state index contributed by atoms with van der Waals surface area (Å²) in [4.78, 5) is 43.8. The lowest BCUT2D eigenvalue weighted by Gasteiger charge is -2.33. The van der Waals surface area contributed by atoms with Crippen molar-refractivity contribution in [2.45, 2.75) is 19.4 Å². The number of nitrogens with zero attached hydrogens (tertiary/aromatic N) is 5. The first-order valence-corrected chi connectivity index (χ1v) is 17.1. The third kappa shape index (κ3) is 5.61. The summed E-state index contributed by atoms with van der Waals surface area (Å²) in [6.45, 7) is 4.09. The second-order valence-corrected chi connectivity index (χ2v) is 13.0. The van der Waals surface area contributed by atoms with Crippen molar-refractivity contribution in [3.63, 3.8) is 0 Å². The summed E-state index contributed by atoms with van der Waals surface area (Å²) in [5, 5.41) is 17.3. The van der Waals surface area contributed by atoms with Gasteiger partial charge >= 0.3 is 0 Å². The third-order valence-electron chi connectivity index (χ3n) is 9.76. The predicted molar refractivity (Wildman–Crippen MR) is 194 cm³/mol. The number of carboxylic acids is 1. The normalized spacial score (nSPS) is 14.0. The SMILES string of the molecule is Nc1nc(OCc2ccc(NC(=O)c3ccc(C(=O)[O-])c(-c4c5ccc(=[N+]6CCC6)cc-5oc5cc(N6CCC6)ccc45)c3)cc2)c2[nH]cnc2n1. The van der Waals surface area contributed by atoms with Crippen molar-refractivity contribution in [1.82, 2.24) is 24.5 Å². The number of benzene rings is 4. The number of nitrogens with two attached hydrogens (primary N) is 1. The summed E-state index contributed by atoms with van der Waals surface area (Å²) in [7, 11) is 0. The van der Waals surface area contributed by atoms with Crippen LogP contribution in [0.1, 0.15) is 39.1 Å². The van der Waals surface area contributed by atoms with Crippen molar-refractivity contribution in [2.24, 2.45) is 0 Å². The lowest BCUT2D eigenvalue weighted by atomic mass is 9.89. The van der Waals surface area contributed by atoms with E-state index in [1.54, 1.807) is 18.2 Å². The van der Waals surface area contributed by atoms with Crippen molar-refractivity contribution in [3.05, 3.63) is 107 Å². The Morgan fingerprint density at radius 1 is 0.962 bits per heavy atom. The van der Waals surface area contributed by atoms with Crippen LogP contribution in [0.2, 0.25) is 0 Å². The minimum Gasteiger partial charge on any atom is -0.545 e. The van der Waals surface area contributed by atoms with Gasteiger partial charge < -0.3 is 40.0 Å². The average Bonchev–Trinajstić information content (AvgIpc) is 3.57. The number of amides is 1. The number of H-pyrrole nitrogens is 1. The van der Waals surface area contributed by atoms with Crippen molar-refractivity contribution in [2.75, 3.05) is 42.1 Å². The number of carbonyl (C=O) groups excluding carboxylic acids is 2. The number of carbonyl (C=O) groups is 2. The number of rotatable bonds is 8. The molecule has 4 aliphatic rings. The summed E-state index contributed by atoms with van der Waals surface area (Å²) in [6.07, 6.45) is 3.76. The average molecular weight is 693 g/mol. The molecule has 2 saturated heterocycles. The molecular weight excluding hydrogens is 660 g/mol. The van der Waals surface area contributed by atoms with Gasteiger partial charge in [0.05, 0.1) is 24.8 Å². The van der Waals surface area contributed by atoms with Crippen LogP contribution >= 0.6 is 0 Å². The first kappa shape index (κ1) is 31.2. The number of anilines is 3. The predicted octanol–water partition coefficient (Wildman–Crippen LogP) is 4.03. The second-order valence-electron chi connectivity index (χ2n) is 13.0. The molecule has 13 heteroatoms. The Morgan fingerprint density at radius 3 is 2.56 bits per heavy atom. The van der Waals surface area contributed by atoms with Crippen LogP contribution in [0.5, 0.6) is 5.88 Å². The molecule has 13 nitrogen and oxygen atoms in total. The smallest absolute Gasteiger partial charge is 0.255 e. The van der Waals surface area contributed by atoms with E-state index in [0.29, 0.717) is 39.3 Å². The molecule has 1 amide bonds. The minimum absolute atomic E-state index is 0.0220. The highest BCUT2D eigenvalue weighted by Crippen LogP contribution is 2.42. The molecule has 0 radical (unpaired) electrons. The Balaban J connectivity index is 1.04. The van der Waals surface area contributed by atoms with Gasteiger partial charge in [-0.2, -0.15) is 9.97 Å². The molecule has 2 aromatic heterocycles. The Kier molecular flexibility index (Phi) is 7.53. The fourth-order valence-corrected chi connectivity index (χ4v) is 6.74. The Bertz CT molecular complexity index is 2580. The number of aromatic carboxylic acids is 1. The van der Waals surface area contributed by atoms with Crippen molar-refractivity contribution in [3.8, 4) is 28.3 Å². The number of imidazole rings is 1. The maximum atomic E-state index is 13.7. The first-order chi connectivity index (χ1) is 25.4. The molecule has 258 valence electrons. The van der Waals surface area contributed by atoms with Gasteiger partial charge in [0.25, 0.3) is 5.91 Å². The van der Waals surface area contributed by atoms with Crippen LogP contribution in [-0.4, -0.2) is 58.0 Å². The highest BCUT2D eigenvalue weighted by atomic mass is 16.5. The van der Waals surface area contributed by atoms with Crippen LogP contribution in [0, 0.1) is 0 Å². The topological polar surface area (TPSA) is 178 Å². The number of aromatic nitrogens is 4. The van der Waals surface area contributed by atoms with Gasteiger partial charge in [0.1, 0.15) is 36.6 Å². The standard InChI is InChI=1S/C39H32N8O5/c40-39-44-35-34(41-21-42-35)37(45-39)51-20-22-3-6-24(7-4-22)43-36(48)23-5-10-27(38(49)50)30(17-23)33-28-11-8-25(46-13-1-14-46)18-31(28)52-32-19-26(9-12-29(32)33)47-15-2-16-47/h3-12,17-19,21H,1-2,13-16,20H2,(H4-,40,41,42,43,44,45,48,49,50). The van der Waals surface area contributed by atoms with Crippen LogP contribution in [-0.2, 0) is 6.61 Å². The molecule has 2 fully saturated rings. The monoisotopic (exact) mass is 692 g/mol.